The van der Waals surface area contributed by atoms with E-state index in [1.807, 2.05) is 39.0 Å². The van der Waals surface area contributed by atoms with Crippen molar-refractivity contribution in [3.8, 4) is 11.6 Å². The van der Waals surface area contributed by atoms with Gasteiger partial charge in [0.25, 0.3) is 11.6 Å². The van der Waals surface area contributed by atoms with Crippen LogP contribution < -0.4 is 9.67 Å². The Labute approximate surface area is 213 Å². The van der Waals surface area contributed by atoms with Crippen LogP contribution in [-0.2, 0) is 16.1 Å². The van der Waals surface area contributed by atoms with Gasteiger partial charge in [0, 0.05) is 17.2 Å². The second-order valence-electron chi connectivity index (χ2n) is 9.23. The Hall–Kier alpha value is -4.59. The van der Waals surface area contributed by atoms with Crippen molar-refractivity contribution in [1.29, 1.82) is 0 Å². The number of aryl methyl sites for hydroxylation is 3. The summed E-state index contributed by atoms with van der Waals surface area (Å²) >= 11 is 0. The first kappa shape index (κ1) is 24.1. The van der Waals surface area contributed by atoms with Gasteiger partial charge in [-0.3, -0.25) is 14.5 Å². The second kappa shape index (κ2) is 9.13. The van der Waals surface area contributed by atoms with Crippen LogP contribution in [0.2, 0.25) is 0 Å². The lowest BCUT2D eigenvalue weighted by Crippen LogP contribution is -2.39. The fraction of sp³-hybridized carbons (Fsp3) is 0.172. The molecule has 0 aliphatic carbocycles. The average molecular weight is 497 g/mol. The summed E-state index contributed by atoms with van der Waals surface area (Å²) in [5.41, 5.74) is 4.48. The average Bonchev–Trinajstić information content (AvgIpc) is 3.28. The van der Waals surface area contributed by atoms with Crippen molar-refractivity contribution < 1.29 is 23.7 Å². The van der Waals surface area contributed by atoms with Crippen molar-refractivity contribution in [3.05, 3.63) is 106 Å². The summed E-state index contributed by atoms with van der Waals surface area (Å²) in [6, 6.07) is 14.8. The highest BCUT2D eigenvalue weighted by Gasteiger charge is 2.46. The molecule has 0 bridgehead atoms. The zero-order valence-electron chi connectivity index (χ0n) is 20.9. The number of imide groups is 1. The predicted octanol–water partition coefficient (Wildman–Crippen LogP) is 3.54. The Morgan fingerprint density at radius 2 is 1.68 bits per heavy atom. The number of amides is 2. The minimum absolute atomic E-state index is 0.00164. The lowest BCUT2D eigenvalue weighted by molar-refractivity contribution is -0.577. The van der Waals surface area contributed by atoms with Crippen LogP contribution in [0.3, 0.4) is 0 Å². The molecular formula is C29H25FN4O3. The number of carbonyl (C=O) groups excluding carboxylic acids is 2. The van der Waals surface area contributed by atoms with E-state index < -0.39 is 23.5 Å². The van der Waals surface area contributed by atoms with Gasteiger partial charge < -0.3 is 5.11 Å². The number of halogens is 1. The van der Waals surface area contributed by atoms with Crippen molar-refractivity contribution in [2.45, 2.75) is 34.2 Å². The summed E-state index contributed by atoms with van der Waals surface area (Å²) in [6.45, 7) is 7.32. The van der Waals surface area contributed by atoms with E-state index >= 15 is 0 Å². The third kappa shape index (κ3) is 4.10. The molecule has 1 aliphatic rings. The zero-order valence-corrected chi connectivity index (χ0v) is 20.9. The van der Waals surface area contributed by atoms with Crippen molar-refractivity contribution in [2.75, 3.05) is 0 Å². The lowest BCUT2D eigenvalue weighted by atomic mass is 10.0. The maximum atomic E-state index is 13.8. The number of aromatic nitrogens is 3. The summed E-state index contributed by atoms with van der Waals surface area (Å²) in [5.74, 6) is -2.03. The number of pyridine rings is 1. The first-order chi connectivity index (χ1) is 17.7. The fourth-order valence-corrected chi connectivity index (χ4v) is 4.60. The number of carbonyl (C=O) groups is 2. The third-order valence-corrected chi connectivity index (χ3v) is 6.68. The van der Waals surface area contributed by atoms with E-state index in [0.717, 1.165) is 21.6 Å². The highest BCUT2D eigenvalue weighted by atomic mass is 19.1. The topological polar surface area (TPSA) is 82.1 Å². The molecule has 0 N–H and O–H groups in total. The highest BCUT2D eigenvalue weighted by molar-refractivity contribution is 6.44. The minimum atomic E-state index is -0.598. The van der Waals surface area contributed by atoms with Crippen LogP contribution in [0.4, 0.5) is 4.39 Å². The van der Waals surface area contributed by atoms with E-state index in [2.05, 4.69) is 5.10 Å². The van der Waals surface area contributed by atoms with Crippen molar-refractivity contribution in [2.24, 2.45) is 0 Å². The van der Waals surface area contributed by atoms with Gasteiger partial charge in [0.2, 0.25) is 0 Å². The van der Waals surface area contributed by atoms with E-state index in [-0.39, 0.29) is 23.4 Å². The monoisotopic (exact) mass is 496 g/mol. The molecule has 0 radical (unpaired) electrons. The van der Waals surface area contributed by atoms with Gasteiger partial charge in [0.15, 0.2) is 12.4 Å². The van der Waals surface area contributed by atoms with Gasteiger partial charge in [-0.05, 0) is 74.5 Å². The quantitative estimate of drug-likeness (QED) is 0.313. The van der Waals surface area contributed by atoms with Gasteiger partial charge in [-0.1, -0.05) is 24.3 Å². The molecule has 0 spiro atoms. The number of benzene rings is 2. The molecule has 2 aromatic carbocycles. The third-order valence-electron chi connectivity index (χ3n) is 6.68. The van der Waals surface area contributed by atoms with Crippen LogP contribution >= 0.6 is 0 Å². The molecule has 0 unspecified atom stereocenters. The SMILES string of the molecule is Cc1ccc[n+](C2=C(c3c(C)nn(-c4cccc(C)c4C)c3[O-])C(=O)N(Cc3ccc(F)cc3)C2=O)c1. The molecule has 8 heteroatoms. The van der Waals surface area contributed by atoms with E-state index in [1.165, 1.54) is 28.9 Å². The highest BCUT2D eigenvalue weighted by Crippen LogP contribution is 2.37. The molecule has 2 aromatic heterocycles. The summed E-state index contributed by atoms with van der Waals surface area (Å²) in [5, 5.41) is 18.3. The van der Waals surface area contributed by atoms with Crippen LogP contribution in [0.1, 0.15) is 33.5 Å². The summed E-state index contributed by atoms with van der Waals surface area (Å²) in [7, 11) is 0. The van der Waals surface area contributed by atoms with Crippen molar-refractivity contribution in [3.63, 3.8) is 0 Å². The molecule has 2 amide bonds. The minimum Gasteiger partial charge on any atom is -0.858 e. The number of nitrogens with zero attached hydrogens (tertiary/aromatic N) is 4. The smallest absolute Gasteiger partial charge is 0.327 e. The van der Waals surface area contributed by atoms with Gasteiger partial charge in [-0.2, -0.15) is 9.67 Å². The second-order valence-corrected chi connectivity index (χ2v) is 9.23. The molecule has 4 aromatic rings. The van der Waals surface area contributed by atoms with Crippen LogP contribution in [-0.4, -0.2) is 26.5 Å². The van der Waals surface area contributed by atoms with Gasteiger partial charge >= 0.3 is 5.91 Å². The van der Waals surface area contributed by atoms with E-state index in [0.29, 0.717) is 16.9 Å². The van der Waals surface area contributed by atoms with E-state index in [1.54, 1.807) is 36.0 Å². The molecule has 186 valence electrons. The van der Waals surface area contributed by atoms with Gasteiger partial charge in [-0.15, -0.1) is 0 Å². The fourth-order valence-electron chi connectivity index (χ4n) is 4.60. The van der Waals surface area contributed by atoms with E-state index in [9.17, 15) is 19.1 Å². The van der Waals surface area contributed by atoms with Crippen LogP contribution in [0.5, 0.6) is 5.88 Å². The Balaban J connectivity index is 1.69. The van der Waals surface area contributed by atoms with Crippen LogP contribution in [0, 0.1) is 33.5 Å². The maximum absolute atomic E-state index is 13.8. The number of hydrogen-bond donors (Lipinski definition) is 0. The molecule has 0 fully saturated rings. The summed E-state index contributed by atoms with van der Waals surface area (Å²) < 4.78 is 16.3. The van der Waals surface area contributed by atoms with Crippen molar-refractivity contribution >= 4 is 23.1 Å². The first-order valence-electron chi connectivity index (χ1n) is 11.8. The predicted molar refractivity (Wildman–Crippen MR) is 134 cm³/mol. The Morgan fingerprint density at radius 3 is 2.38 bits per heavy atom. The number of rotatable bonds is 5. The van der Waals surface area contributed by atoms with Crippen molar-refractivity contribution in [1.82, 2.24) is 14.7 Å². The first-order valence-corrected chi connectivity index (χ1v) is 11.8. The molecule has 37 heavy (non-hydrogen) atoms. The molecular weight excluding hydrogens is 471 g/mol. The standard InChI is InChI=1S/C29H25FN4O3/c1-17-7-6-14-32(15-17)26-25(27(35)33(29(26)37)16-21-10-12-22(30)13-11-21)24-20(4)31-34(28(24)36)23-9-5-8-18(2)19(23)3/h5-15H,16H2,1-4H3. The van der Waals surface area contributed by atoms with Gasteiger partial charge in [0.05, 0.1) is 17.9 Å². The molecule has 0 saturated carbocycles. The largest absolute Gasteiger partial charge is 0.858 e. The molecule has 0 saturated heterocycles. The molecule has 5 rings (SSSR count). The zero-order chi connectivity index (χ0) is 26.4. The molecule has 0 atom stereocenters. The van der Waals surface area contributed by atoms with Crippen LogP contribution in [0.15, 0.2) is 67.0 Å². The summed E-state index contributed by atoms with van der Waals surface area (Å²) in [6.07, 6.45) is 3.40. The van der Waals surface area contributed by atoms with Crippen LogP contribution in [0.25, 0.3) is 17.0 Å². The molecule has 1 aliphatic heterocycles. The Morgan fingerprint density at radius 1 is 0.946 bits per heavy atom. The lowest BCUT2D eigenvalue weighted by Gasteiger charge is -2.17. The summed E-state index contributed by atoms with van der Waals surface area (Å²) in [4.78, 5) is 28.6. The maximum Gasteiger partial charge on any atom is 0.327 e. The van der Waals surface area contributed by atoms with Gasteiger partial charge in [0.1, 0.15) is 11.4 Å². The molecule has 3 heterocycles. The van der Waals surface area contributed by atoms with Gasteiger partial charge in [-0.25, -0.2) is 9.07 Å². The Kier molecular flexibility index (Phi) is 5.95. The Bertz CT molecular complexity index is 1600. The molecule has 7 nitrogen and oxygen atoms in total. The normalized spacial score (nSPS) is 13.7. The van der Waals surface area contributed by atoms with E-state index in [4.69, 9.17) is 0 Å². The number of hydrogen-bond acceptors (Lipinski definition) is 4.